The highest BCUT2D eigenvalue weighted by Crippen LogP contribution is 2.22. The van der Waals surface area contributed by atoms with E-state index in [1.807, 2.05) is 0 Å². The largest absolute Gasteiger partial charge is 0.325 e. The second-order valence-corrected chi connectivity index (χ2v) is 7.00. The van der Waals surface area contributed by atoms with Gasteiger partial charge in [-0.3, -0.25) is 14.6 Å². The molecule has 3 aliphatic rings. The number of piperazine rings is 1. The predicted molar refractivity (Wildman–Crippen MR) is 80.0 cm³/mol. The molecule has 0 aromatic rings. The first-order chi connectivity index (χ1) is 9.97. The van der Waals surface area contributed by atoms with Gasteiger partial charge in [0, 0.05) is 32.2 Å². The summed E-state index contributed by atoms with van der Waals surface area (Å²) in [5.41, 5.74) is -0.743. The van der Waals surface area contributed by atoms with E-state index in [9.17, 15) is 9.59 Å². The summed E-state index contributed by atoms with van der Waals surface area (Å²) in [4.78, 5) is 30.3. The molecule has 3 aliphatic heterocycles. The van der Waals surface area contributed by atoms with Crippen LogP contribution in [0.25, 0.3) is 0 Å². The number of nitrogens with one attached hydrogen (secondary N) is 1. The van der Waals surface area contributed by atoms with Gasteiger partial charge in [0.05, 0.1) is 0 Å². The van der Waals surface area contributed by atoms with Crippen molar-refractivity contribution < 1.29 is 9.59 Å². The van der Waals surface area contributed by atoms with E-state index < -0.39 is 5.54 Å². The second kappa shape index (κ2) is 5.57. The Hall–Kier alpha value is -1.14. The normalized spacial score (nSPS) is 29.8. The molecule has 1 atom stereocenters. The highest BCUT2D eigenvalue weighted by Gasteiger charge is 2.43. The number of urea groups is 1. The molecule has 21 heavy (non-hydrogen) atoms. The smallest absolute Gasteiger partial charge is 0.324 e. The van der Waals surface area contributed by atoms with Crippen molar-refractivity contribution in [2.75, 3.05) is 39.3 Å². The van der Waals surface area contributed by atoms with Crippen molar-refractivity contribution in [1.82, 2.24) is 20.0 Å². The Balaban J connectivity index is 1.44. The monoisotopic (exact) mass is 294 g/mol. The van der Waals surface area contributed by atoms with Crippen molar-refractivity contribution in [3.8, 4) is 0 Å². The lowest BCUT2D eigenvalue weighted by atomic mass is 10.1. The van der Waals surface area contributed by atoms with Crippen LogP contribution in [0.4, 0.5) is 4.79 Å². The first-order valence-electron chi connectivity index (χ1n) is 8.08. The molecule has 3 saturated heterocycles. The van der Waals surface area contributed by atoms with Crippen LogP contribution in [-0.2, 0) is 4.79 Å². The summed E-state index contributed by atoms with van der Waals surface area (Å²) in [6.07, 6.45) is 3.51. The van der Waals surface area contributed by atoms with E-state index in [-0.39, 0.29) is 11.9 Å². The minimum absolute atomic E-state index is 0.104. The lowest BCUT2D eigenvalue weighted by molar-refractivity contribution is -0.130. The number of nitrogens with zero attached hydrogens (tertiary/aromatic N) is 3. The van der Waals surface area contributed by atoms with E-state index in [0.29, 0.717) is 6.54 Å². The van der Waals surface area contributed by atoms with Crippen LogP contribution < -0.4 is 5.32 Å². The third-order valence-electron chi connectivity index (χ3n) is 4.97. The van der Waals surface area contributed by atoms with Gasteiger partial charge in [0.1, 0.15) is 5.54 Å². The summed E-state index contributed by atoms with van der Waals surface area (Å²) in [6, 6.07) is 0.486. The Kier molecular flexibility index (Phi) is 3.92. The number of carbonyl (C=O) groups excluding carboxylic acids is 2. The second-order valence-electron chi connectivity index (χ2n) is 7.00. The summed E-state index contributed by atoms with van der Waals surface area (Å²) in [7, 11) is 0. The van der Waals surface area contributed by atoms with E-state index >= 15 is 0 Å². The molecular formula is C15H26N4O2. The quantitative estimate of drug-likeness (QED) is 0.767. The van der Waals surface area contributed by atoms with Gasteiger partial charge in [0.25, 0.3) is 5.91 Å². The molecule has 1 unspecified atom stereocenters. The number of hydrogen-bond donors (Lipinski definition) is 1. The Morgan fingerprint density at radius 2 is 2.00 bits per heavy atom. The molecule has 3 rings (SSSR count). The van der Waals surface area contributed by atoms with Crippen molar-refractivity contribution in [1.29, 1.82) is 0 Å². The predicted octanol–water partition coefficient (Wildman–Crippen LogP) is 0.487. The van der Waals surface area contributed by atoms with Crippen LogP contribution in [-0.4, -0.2) is 77.5 Å². The molecule has 118 valence electrons. The summed E-state index contributed by atoms with van der Waals surface area (Å²) in [6.45, 7) is 9.70. The molecule has 6 nitrogen and oxygen atoms in total. The molecule has 0 aliphatic carbocycles. The lowest BCUT2D eigenvalue weighted by Crippen LogP contribution is -2.50. The van der Waals surface area contributed by atoms with Crippen LogP contribution in [0.2, 0.25) is 0 Å². The number of amides is 3. The molecule has 0 aromatic heterocycles. The maximum Gasteiger partial charge on any atom is 0.325 e. The number of hydrogen-bond acceptors (Lipinski definition) is 4. The zero-order valence-corrected chi connectivity index (χ0v) is 13.1. The number of carbonyl (C=O) groups is 2. The third kappa shape index (κ3) is 2.92. The molecule has 3 heterocycles. The summed E-state index contributed by atoms with van der Waals surface area (Å²) in [5, 5.41) is 2.73. The fourth-order valence-electron chi connectivity index (χ4n) is 3.73. The molecular weight excluding hydrogens is 268 g/mol. The van der Waals surface area contributed by atoms with E-state index in [2.05, 4.69) is 15.1 Å². The highest BCUT2D eigenvalue weighted by molar-refractivity contribution is 6.06. The molecule has 0 bridgehead atoms. The van der Waals surface area contributed by atoms with Gasteiger partial charge in [-0.2, -0.15) is 0 Å². The average Bonchev–Trinajstić information content (AvgIpc) is 2.96. The molecule has 3 amide bonds. The van der Waals surface area contributed by atoms with Crippen molar-refractivity contribution in [3.05, 3.63) is 0 Å². The van der Waals surface area contributed by atoms with Crippen LogP contribution in [0.1, 0.15) is 33.1 Å². The molecule has 3 fully saturated rings. The van der Waals surface area contributed by atoms with E-state index in [1.165, 1.54) is 30.8 Å². The van der Waals surface area contributed by atoms with E-state index in [4.69, 9.17) is 0 Å². The van der Waals surface area contributed by atoms with Gasteiger partial charge >= 0.3 is 6.03 Å². The van der Waals surface area contributed by atoms with Gasteiger partial charge in [-0.1, -0.05) is 0 Å². The third-order valence-corrected chi connectivity index (χ3v) is 4.97. The van der Waals surface area contributed by atoms with Crippen LogP contribution in [0.15, 0.2) is 0 Å². The molecule has 0 aromatic carbocycles. The van der Waals surface area contributed by atoms with E-state index in [0.717, 1.165) is 32.1 Å². The Bertz CT molecular complexity index is 437. The van der Waals surface area contributed by atoms with Crippen molar-refractivity contribution >= 4 is 11.9 Å². The average molecular weight is 294 g/mol. The number of imide groups is 1. The van der Waals surface area contributed by atoms with Crippen molar-refractivity contribution in [2.45, 2.75) is 44.7 Å². The Morgan fingerprint density at radius 1 is 1.19 bits per heavy atom. The number of fused-ring (bicyclic) bond motifs is 1. The maximum atomic E-state index is 12.1. The van der Waals surface area contributed by atoms with Crippen molar-refractivity contribution in [2.24, 2.45) is 0 Å². The number of rotatable bonds is 4. The van der Waals surface area contributed by atoms with Crippen LogP contribution >= 0.6 is 0 Å². The maximum absolute atomic E-state index is 12.1. The van der Waals surface area contributed by atoms with Crippen LogP contribution in [0.3, 0.4) is 0 Å². The van der Waals surface area contributed by atoms with E-state index in [1.54, 1.807) is 13.8 Å². The molecule has 6 heteroatoms. The SMILES string of the molecule is CC1(C)NC(=O)N(CCCN2CCN3CCCC3C2)C1=O. The first kappa shape index (κ1) is 14.8. The van der Waals surface area contributed by atoms with Gasteiger partial charge in [-0.25, -0.2) is 4.79 Å². The fraction of sp³-hybridized carbons (Fsp3) is 0.867. The van der Waals surface area contributed by atoms with Gasteiger partial charge in [0.15, 0.2) is 0 Å². The topological polar surface area (TPSA) is 55.9 Å². The summed E-state index contributed by atoms with van der Waals surface area (Å²) < 4.78 is 0. The lowest BCUT2D eigenvalue weighted by Gasteiger charge is -2.37. The summed E-state index contributed by atoms with van der Waals surface area (Å²) >= 11 is 0. The van der Waals surface area contributed by atoms with Crippen LogP contribution in [0, 0.1) is 0 Å². The van der Waals surface area contributed by atoms with Gasteiger partial charge in [0.2, 0.25) is 0 Å². The Morgan fingerprint density at radius 3 is 2.71 bits per heavy atom. The minimum Gasteiger partial charge on any atom is -0.324 e. The van der Waals surface area contributed by atoms with Gasteiger partial charge in [-0.05, 0) is 46.2 Å². The highest BCUT2D eigenvalue weighted by atomic mass is 16.2. The standard InChI is InChI=1S/C15H26N4O2/c1-15(2)13(20)19(14(21)16-15)8-4-6-17-9-10-18-7-3-5-12(18)11-17/h12H,3-11H2,1-2H3,(H,16,21). The molecule has 0 radical (unpaired) electrons. The Labute approximate surface area is 126 Å². The van der Waals surface area contributed by atoms with Crippen molar-refractivity contribution in [3.63, 3.8) is 0 Å². The van der Waals surface area contributed by atoms with Crippen LogP contribution in [0.5, 0.6) is 0 Å². The zero-order valence-electron chi connectivity index (χ0n) is 13.1. The summed E-state index contributed by atoms with van der Waals surface area (Å²) in [5.74, 6) is -0.104. The van der Waals surface area contributed by atoms with Gasteiger partial charge < -0.3 is 10.2 Å². The minimum atomic E-state index is -0.743. The molecule has 0 spiro atoms. The fourth-order valence-corrected chi connectivity index (χ4v) is 3.73. The van der Waals surface area contributed by atoms with Gasteiger partial charge in [-0.15, -0.1) is 0 Å². The first-order valence-corrected chi connectivity index (χ1v) is 8.08. The molecule has 1 N–H and O–H groups in total. The zero-order chi connectivity index (χ0) is 15.0. The molecule has 0 saturated carbocycles.